The van der Waals surface area contributed by atoms with Crippen LogP contribution in [0.15, 0.2) is 24.3 Å². The van der Waals surface area contributed by atoms with E-state index >= 15 is 0 Å². The molecule has 0 atom stereocenters. The molecule has 0 aromatic heterocycles. The molecule has 1 aromatic rings. The standard InChI is InChI=1S/C16H24ClNO3/c1-13(2)18(10-3-5-16(19)20)11-4-12-21-15-8-6-14(17)7-9-15/h6-9,13H,3-5,10-12H2,1-2H3,(H,19,20). The van der Waals surface area contributed by atoms with Crippen LogP contribution in [-0.2, 0) is 4.79 Å². The van der Waals surface area contributed by atoms with Gasteiger partial charge in [-0.1, -0.05) is 11.6 Å². The molecule has 0 bridgehead atoms. The van der Waals surface area contributed by atoms with Gasteiger partial charge in [0.1, 0.15) is 5.75 Å². The highest BCUT2D eigenvalue weighted by Crippen LogP contribution is 2.15. The van der Waals surface area contributed by atoms with Crippen LogP contribution >= 0.6 is 11.6 Å². The molecular formula is C16H24ClNO3. The molecule has 1 N–H and O–H groups in total. The maximum atomic E-state index is 10.5. The average Bonchev–Trinajstić information content (AvgIpc) is 2.42. The highest BCUT2D eigenvalue weighted by molar-refractivity contribution is 6.30. The molecular weight excluding hydrogens is 290 g/mol. The molecule has 0 aliphatic heterocycles. The van der Waals surface area contributed by atoms with Crippen molar-refractivity contribution in [1.82, 2.24) is 4.90 Å². The molecule has 21 heavy (non-hydrogen) atoms. The molecule has 0 saturated carbocycles. The van der Waals surface area contributed by atoms with Crippen LogP contribution in [-0.4, -0.2) is 41.7 Å². The Morgan fingerprint density at radius 3 is 2.43 bits per heavy atom. The van der Waals surface area contributed by atoms with Gasteiger partial charge < -0.3 is 14.7 Å². The van der Waals surface area contributed by atoms with E-state index in [9.17, 15) is 4.79 Å². The summed E-state index contributed by atoms with van der Waals surface area (Å²) >= 11 is 5.82. The highest BCUT2D eigenvalue weighted by atomic mass is 35.5. The van der Waals surface area contributed by atoms with Gasteiger partial charge in [0.25, 0.3) is 0 Å². The number of nitrogens with zero attached hydrogens (tertiary/aromatic N) is 1. The minimum Gasteiger partial charge on any atom is -0.494 e. The number of hydrogen-bond acceptors (Lipinski definition) is 3. The third kappa shape index (κ3) is 7.93. The summed E-state index contributed by atoms with van der Waals surface area (Å²) in [5.74, 6) is 0.0890. The summed E-state index contributed by atoms with van der Waals surface area (Å²) in [5, 5.41) is 9.38. The molecule has 0 amide bonds. The lowest BCUT2D eigenvalue weighted by Crippen LogP contribution is -2.33. The Bertz CT molecular complexity index is 420. The minimum absolute atomic E-state index is 0.227. The first-order valence-corrected chi connectivity index (χ1v) is 7.71. The van der Waals surface area contributed by atoms with Crippen LogP contribution in [0.2, 0.25) is 5.02 Å². The van der Waals surface area contributed by atoms with Crippen molar-refractivity contribution in [3.63, 3.8) is 0 Å². The number of carbonyl (C=O) groups is 1. The van der Waals surface area contributed by atoms with E-state index in [0.29, 0.717) is 24.1 Å². The molecule has 1 rings (SSSR count). The molecule has 0 heterocycles. The fourth-order valence-corrected chi connectivity index (χ4v) is 2.18. The second-order valence-corrected chi connectivity index (χ2v) is 5.72. The number of carboxylic acid groups (broad SMARTS) is 1. The Hall–Kier alpha value is -1.26. The van der Waals surface area contributed by atoms with Gasteiger partial charge in [0, 0.05) is 24.0 Å². The summed E-state index contributed by atoms with van der Waals surface area (Å²) in [6.07, 6.45) is 1.82. The summed E-state index contributed by atoms with van der Waals surface area (Å²) in [6, 6.07) is 7.74. The molecule has 0 fully saturated rings. The lowest BCUT2D eigenvalue weighted by atomic mass is 10.2. The van der Waals surface area contributed by atoms with Crippen molar-refractivity contribution in [1.29, 1.82) is 0 Å². The predicted molar refractivity (Wildman–Crippen MR) is 85.1 cm³/mol. The van der Waals surface area contributed by atoms with E-state index in [0.717, 1.165) is 25.3 Å². The van der Waals surface area contributed by atoms with Crippen LogP contribution < -0.4 is 4.74 Å². The number of rotatable bonds is 10. The summed E-state index contributed by atoms with van der Waals surface area (Å²) < 4.78 is 5.65. The van der Waals surface area contributed by atoms with Crippen LogP contribution in [0.3, 0.4) is 0 Å². The monoisotopic (exact) mass is 313 g/mol. The topological polar surface area (TPSA) is 49.8 Å². The molecule has 0 aliphatic rings. The zero-order valence-corrected chi connectivity index (χ0v) is 13.5. The van der Waals surface area contributed by atoms with Gasteiger partial charge in [0.05, 0.1) is 6.61 Å². The number of carboxylic acids is 1. The number of ether oxygens (including phenoxy) is 1. The first kappa shape index (κ1) is 17.8. The van der Waals surface area contributed by atoms with Crippen LogP contribution in [0.5, 0.6) is 5.75 Å². The Labute approximate surface area is 131 Å². The molecule has 1 aromatic carbocycles. The first-order valence-electron chi connectivity index (χ1n) is 7.33. The van der Waals surface area contributed by atoms with Gasteiger partial charge in [-0.15, -0.1) is 0 Å². The van der Waals surface area contributed by atoms with E-state index in [2.05, 4.69) is 18.7 Å². The molecule has 5 heteroatoms. The quantitative estimate of drug-likeness (QED) is 0.669. The number of halogens is 1. The van der Waals surface area contributed by atoms with Gasteiger partial charge in [-0.05, 0) is 57.5 Å². The summed E-state index contributed by atoms with van der Waals surface area (Å²) in [4.78, 5) is 12.8. The van der Waals surface area contributed by atoms with Crippen molar-refractivity contribution in [2.24, 2.45) is 0 Å². The van der Waals surface area contributed by atoms with Crippen LogP contribution in [0.4, 0.5) is 0 Å². The van der Waals surface area contributed by atoms with Gasteiger partial charge in [-0.25, -0.2) is 0 Å². The first-order chi connectivity index (χ1) is 9.99. The van der Waals surface area contributed by atoms with Crippen LogP contribution in [0, 0.1) is 0 Å². The summed E-state index contributed by atoms with van der Waals surface area (Å²) in [5.41, 5.74) is 0. The summed E-state index contributed by atoms with van der Waals surface area (Å²) in [7, 11) is 0. The largest absolute Gasteiger partial charge is 0.494 e. The average molecular weight is 314 g/mol. The van der Waals surface area contributed by atoms with E-state index in [1.807, 2.05) is 24.3 Å². The molecule has 0 aliphatic carbocycles. The second kappa shape index (κ2) is 9.64. The van der Waals surface area contributed by atoms with Crippen molar-refractivity contribution in [3.8, 4) is 5.75 Å². The van der Waals surface area contributed by atoms with Gasteiger partial charge in [0.15, 0.2) is 0 Å². The maximum Gasteiger partial charge on any atom is 0.303 e. The smallest absolute Gasteiger partial charge is 0.303 e. The Morgan fingerprint density at radius 2 is 1.86 bits per heavy atom. The molecule has 0 radical (unpaired) electrons. The third-order valence-electron chi connectivity index (χ3n) is 3.24. The van der Waals surface area contributed by atoms with Gasteiger partial charge in [-0.2, -0.15) is 0 Å². The van der Waals surface area contributed by atoms with E-state index in [1.165, 1.54) is 0 Å². The van der Waals surface area contributed by atoms with Crippen molar-refractivity contribution in [2.75, 3.05) is 19.7 Å². The van der Waals surface area contributed by atoms with Gasteiger partial charge in [0.2, 0.25) is 0 Å². The lowest BCUT2D eigenvalue weighted by Gasteiger charge is -2.26. The Kier molecular flexibility index (Phi) is 8.16. The molecule has 0 unspecified atom stereocenters. The molecule has 0 saturated heterocycles. The maximum absolute atomic E-state index is 10.5. The van der Waals surface area contributed by atoms with Crippen molar-refractivity contribution < 1.29 is 14.6 Å². The van der Waals surface area contributed by atoms with E-state index < -0.39 is 5.97 Å². The number of aliphatic carboxylic acids is 1. The van der Waals surface area contributed by atoms with E-state index in [-0.39, 0.29) is 6.42 Å². The van der Waals surface area contributed by atoms with Crippen LogP contribution in [0.1, 0.15) is 33.1 Å². The van der Waals surface area contributed by atoms with Gasteiger partial charge >= 0.3 is 5.97 Å². The van der Waals surface area contributed by atoms with Crippen molar-refractivity contribution in [2.45, 2.75) is 39.2 Å². The lowest BCUT2D eigenvalue weighted by molar-refractivity contribution is -0.137. The molecule has 118 valence electrons. The van der Waals surface area contributed by atoms with E-state index in [4.69, 9.17) is 21.4 Å². The summed E-state index contributed by atoms with van der Waals surface area (Å²) in [6.45, 7) is 6.61. The van der Waals surface area contributed by atoms with Gasteiger partial charge in [-0.3, -0.25) is 4.79 Å². The normalized spacial score (nSPS) is 11.1. The Morgan fingerprint density at radius 1 is 1.24 bits per heavy atom. The zero-order valence-electron chi connectivity index (χ0n) is 12.7. The highest BCUT2D eigenvalue weighted by Gasteiger charge is 2.09. The molecule has 4 nitrogen and oxygen atoms in total. The second-order valence-electron chi connectivity index (χ2n) is 5.28. The fraction of sp³-hybridized carbons (Fsp3) is 0.562. The van der Waals surface area contributed by atoms with E-state index in [1.54, 1.807) is 0 Å². The number of hydrogen-bond donors (Lipinski definition) is 1. The fourth-order valence-electron chi connectivity index (χ4n) is 2.05. The van der Waals surface area contributed by atoms with Crippen LogP contribution in [0.25, 0.3) is 0 Å². The molecule has 0 spiro atoms. The zero-order chi connectivity index (χ0) is 15.7. The third-order valence-corrected chi connectivity index (χ3v) is 3.49. The SMILES string of the molecule is CC(C)N(CCCOc1ccc(Cl)cc1)CCCC(=O)O. The van der Waals surface area contributed by atoms with Crippen molar-refractivity contribution in [3.05, 3.63) is 29.3 Å². The van der Waals surface area contributed by atoms with Crippen molar-refractivity contribution >= 4 is 17.6 Å². The number of benzene rings is 1. The minimum atomic E-state index is -0.732. The predicted octanol–water partition coefficient (Wildman–Crippen LogP) is 3.68. The Balaban J connectivity index is 2.23.